The van der Waals surface area contributed by atoms with Gasteiger partial charge in [-0.15, -0.1) is 0 Å². The quantitative estimate of drug-likeness (QED) is 0.717. The Morgan fingerprint density at radius 1 is 1.10 bits per heavy atom. The minimum Gasteiger partial charge on any atom is -0.356 e. The number of aromatic nitrogens is 4. The summed E-state index contributed by atoms with van der Waals surface area (Å²) in [5, 5.41) is 7.64. The summed E-state index contributed by atoms with van der Waals surface area (Å²) in [6.45, 7) is 9.60. The van der Waals surface area contributed by atoms with E-state index in [4.69, 9.17) is 0 Å². The number of hydrogen-bond acceptors (Lipinski definition) is 5. The lowest BCUT2D eigenvalue weighted by Crippen LogP contribution is -2.41. The average Bonchev–Trinajstić information content (AvgIpc) is 3.09. The van der Waals surface area contributed by atoms with E-state index >= 15 is 0 Å². The van der Waals surface area contributed by atoms with Gasteiger partial charge in [0.2, 0.25) is 5.91 Å². The van der Waals surface area contributed by atoms with E-state index in [1.807, 2.05) is 49.7 Å². The Balaban J connectivity index is 1.50. The van der Waals surface area contributed by atoms with Gasteiger partial charge in [0.05, 0.1) is 11.6 Å². The molecule has 1 saturated heterocycles. The van der Waals surface area contributed by atoms with E-state index in [0.29, 0.717) is 6.54 Å². The van der Waals surface area contributed by atoms with Crippen molar-refractivity contribution in [2.45, 2.75) is 40.5 Å². The molecule has 7 heteroatoms. The van der Waals surface area contributed by atoms with E-state index in [2.05, 4.69) is 38.3 Å². The standard InChI is InChI=1S/C23H28N6O/c1-15-7-5-9-20(18(15)4)26-23(30)19-8-6-10-28(13-19)21-12-22(25-14-24-21)29-17(3)11-16(2)27-29/h5,7,9,11-12,14,19H,6,8,10,13H2,1-4H3,(H,26,30). The minimum absolute atomic E-state index is 0.0706. The fraction of sp³-hybridized carbons (Fsp3) is 0.391. The first-order chi connectivity index (χ1) is 14.4. The molecule has 156 valence electrons. The van der Waals surface area contributed by atoms with Crippen molar-refractivity contribution in [3.05, 3.63) is 59.2 Å². The Bertz CT molecular complexity index is 1070. The lowest BCUT2D eigenvalue weighted by atomic mass is 9.96. The number of carbonyl (C=O) groups excluding carboxylic acids is 1. The van der Waals surface area contributed by atoms with E-state index in [1.54, 1.807) is 6.33 Å². The normalized spacial score (nSPS) is 16.5. The SMILES string of the molecule is Cc1cc(C)n(-c2cc(N3CCCC(C(=O)Nc4cccc(C)c4C)C3)ncn2)n1. The predicted octanol–water partition coefficient (Wildman–Crippen LogP) is 3.75. The van der Waals surface area contributed by atoms with Gasteiger partial charge >= 0.3 is 0 Å². The molecule has 1 aliphatic rings. The summed E-state index contributed by atoms with van der Waals surface area (Å²) in [6.07, 6.45) is 3.40. The Labute approximate surface area is 177 Å². The molecule has 3 aromatic rings. The van der Waals surface area contributed by atoms with Crippen LogP contribution in [0.4, 0.5) is 11.5 Å². The molecule has 4 rings (SSSR count). The van der Waals surface area contributed by atoms with Crippen molar-refractivity contribution in [2.24, 2.45) is 5.92 Å². The van der Waals surface area contributed by atoms with Crippen molar-refractivity contribution >= 4 is 17.4 Å². The fourth-order valence-electron chi connectivity index (χ4n) is 4.01. The number of anilines is 2. The van der Waals surface area contributed by atoms with Gasteiger partial charge in [0.25, 0.3) is 0 Å². The molecule has 0 spiro atoms. The number of nitrogens with one attached hydrogen (secondary N) is 1. The molecule has 30 heavy (non-hydrogen) atoms. The molecule has 1 fully saturated rings. The van der Waals surface area contributed by atoms with Crippen LogP contribution in [0.2, 0.25) is 0 Å². The third-order valence-electron chi connectivity index (χ3n) is 5.84. The molecule has 0 saturated carbocycles. The van der Waals surface area contributed by atoms with Crippen LogP contribution < -0.4 is 10.2 Å². The first kappa shape index (κ1) is 20.1. The lowest BCUT2D eigenvalue weighted by molar-refractivity contribution is -0.120. The highest BCUT2D eigenvalue weighted by molar-refractivity contribution is 5.93. The fourth-order valence-corrected chi connectivity index (χ4v) is 4.01. The van der Waals surface area contributed by atoms with Crippen molar-refractivity contribution in [1.29, 1.82) is 0 Å². The van der Waals surface area contributed by atoms with Gasteiger partial charge in [-0.05, 0) is 63.8 Å². The monoisotopic (exact) mass is 404 g/mol. The number of amides is 1. The van der Waals surface area contributed by atoms with Crippen LogP contribution in [0.15, 0.2) is 36.7 Å². The maximum absolute atomic E-state index is 13.0. The number of piperidine rings is 1. The van der Waals surface area contributed by atoms with Crippen molar-refractivity contribution in [3.63, 3.8) is 0 Å². The van der Waals surface area contributed by atoms with Crippen LogP contribution in [-0.2, 0) is 4.79 Å². The number of carbonyl (C=O) groups is 1. The van der Waals surface area contributed by atoms with E-state index in [0.717, 1.165) is 53.7 Å². The molecule has 0 aliphatic carbocycles. The molecule has 0 radical (unpaired) electrons. The third-order valence-corrected chi connectivity index (χ3v) is 5.84. The average molecular weight is 405 g/mol. The maximum atomic E-state index is 13.0. The van der Waals surface area contributed by atoms with Crippen molar-refractivity contribution in [2.75, 3.05) is 23.3 Å². The van der Waals surface area contributed by atoms with Crippen LogP contribution in [0.5, 0.6) is 0 Å². The smallest absolute Gasteiger partial charge is 0.229 e. The second kappa shape index (κ2) is 8.26. The Morgan fingerprint density at radius 3 is 2.67 bits per heavy atom. The van der Waals surface area contributed by atoms with Gasteiger partial charge < -0.3 is 10.2 Å². The van der Waals surface area contributed by atoms with Crippen LogP contribution in [0.3, 0.4) is 0 Å². The molecule has 1 unspecified atom stereocenters. The maximum Gasteiger partial charge on any atom is 0.229 e. The molecule has 7 nitrogen and oxygen atoms in total. The highest BCUT2D eigenvalue weighted by Crippen LogP contribution is 2.25. The predicted molar refractivity (Wildman–Crippen MR) is 118 cm³/mol. The first-order valence-electron chi connectivity index (χ1n) is 10.4. The number of benzene rings is 1. The Kier molecular flexibility index (Phi) is 5.53. The zero-order valence-electron chi connectivity index (χ0n) is 18.0. The molecular formula is C23H28N6O. The van der Waals surface area contributed by atoms with Gasteiger partial charge in [0, 0.05) is 30.5 Å². The minimum atomic E-state index is -0.0780. The number of aryl methyl sites for hydroxylation is 3. The summed E-state index contributed by atoms with van der Waals surface area (Å²) in [5.74, 6) is 1.57. The summed E-state index contributed by atoms with van der Waals surface area (Å²) >= 11 is 0. The summed E-state index contributed by atoms with van der Waals surface area (Å²) < 4.78 is 1.83. The van der Waals surface area contributed by atoms with Gasteiger partial charge in [0.15, 0.2) is 5.82 Å². The topological polar surface area (TPSA) is 75.9 Å². The van der Waals surface area contributed by atoms with Crippen molar-refractivity contribution in [3.8, 4) is 5.82 Å². The summed E-state index contributed by atoms with van der Waals surface area (Å²) in [4.78, 5) is 24.0. The Morgan fingerprint density at radius 2 is 1.90 bits per heavy atom. The summed E-state index contributed by atoms with van der Waals surface area (Å²) in [5.41, 5.74) is 5.17. The number of hydrogen-bond donors (Lipinski definition) is 1. The van der Waals surface area contributed by atoms with E-state index < -0.39 is 0 Å². The van der Waals surface area contributed by atoms with Gasteiger partial charge in [0.1, 0.15) is 12.1 Å². The van der Waals surface area contributed by atoms with Crippen molar-refractivity contribution in [1.82, 2.24) is 19.7 Å². The third kappa shape index (κ3) is 4.06. The van der Waals surface area contributed by atoms with Gasteiger partial charge in [-0.25, -0.2) is 14.6 Å². The highest BCUT2D eigenvalue weighted by Gasteiger charge is 2.27. The van der Waals surface area contributed by atoms with Crippen LogP contribution >= 0.6 is 0 Å². The van der Waals surface area contributed by atoms with Crippen molar-refractivity contribution < 1.29 is 4.79 Å². The summed E-state index contributed by atoms with van der Waals surface area (Å²) in [6, 6.07) is 9.97. The molecule has 1 atom stereocenters. The molecule has 2 aromatic heterocycles. The largest absolute Gasteiger partial charge is 0.356 e. The highest BCUT2D eigenvalue weighted by atomic mass is 16.1. The second-order valence-corrected chi connectivity index (χ2v) is 8.10. The zero-order chi connectivity index (χ0) is 21.3. The van der Waals surface area contributed by atoms with Crippen LogP contribution in [0.1, 0.15) is 35.4 Å². The second-order valence-electron chi connectivity index (χ2n) is 8.10. The molecule has 0 bridgehead atoms. The number of rotatable bonds is 4. The Hall–Kier alpha value is -3.22. The zero-order valence-corrected chi connectivity index (χ0v) is 18.0. The summed E-state index contributed by atoms with van der Waals surface area (Å²) in [7, 11) is 0. The number of nitrogens with zero attached hydrogens (tertiary/aromatic N) is 5. The van der Waals surface area contributed by atoms with E-state index in [9.17, 15) is 4.79 Å². The first-order valence-corrected chi connectivity index (χ1v) is 10.4. The molecular weight excluding hydrogens is 376 g/mol. The molecule has 1 N–H and O–H groups in total. The van der Waals surface area contributed by atoms with Gasteiger partial charge in [-0.2, -0.15) is 5.10 Å². The van der Waals surface area contributed by atoms with Crippen LogP contribution in [-0.4, -0.2) is 38.7 Å². The molecule has 3 heterocycles. The molecule has 1 aromatic carbocycles. The lowest BCUT2D eigenvalue weighted by Gasteiger charge is -2.33. The van der Waals surface area contributed by atoms with E-state index in [-0.39, 0.29) is 11.8 Å². The van der Waals surface area contributed by atoms with Gasteiger partial charge in [-0.3, -0.25) is 4.79 Å². The van der Waals surface area contributed by atoms with Crippen LogP contribution in [0, 0.1) is 33.6 Å². The molecule has 1 amide bonds. The molecule has 1 aliphatic heterocycles. The van der Waals surface area contributed by atoms with E-state index in [1.165, 1.54) is 5.56 Å². The van der Waals surface area contributed by atoms with Crippen LogP contribution in [0.25, 0.3) is 5.82 Å². The van der Waals surface area contributed by atoms with Gasteiger partial charge in [-0.1, -0.05) is 12.1 Å².